The van der Waals surface area contributed by atoms with E-state index in [9.17, 15) is 16.8 Å². The highest BCUT2D eigenvalue weighted by Crippen LogP contribution is 2.27. The number of nitrogens with zero attached hydrogens (tertiary/aromatic N) is 1. The molecule has 1 aliphatic heterocycles. The number of hydrogen-bond donors (Lipinski definition) is 0. The fourth-order valence-corrected chi connectivity index (χ4v) is 6.94. The first-order valence-corrected chi connectivity index (χ1v) is 10.3. The number of thiophene rings is 1. The maximum absolute atomic E-state index is 12.5. The Hall–Kier alpha value is -0.440. The van der Waals surface area contributed by atoms with Crippen LogP contribution in [0.25, 0.3) is 0 Å². The summed E-state index contributed by atoms with van der Waals surface area (Å²) in [5.74, 6) is 0.0233. The van der Waals surface area contributed by atoms with Crippen molar-refractivity contribution in [1.82, 2.24) is 4.31 Å². The third-order valence-corrected chi connectivity index (χ3v) is 8.19. The van der Waals surface area contributed by atoms with Gasteiger partial charge in [-0.1, -0.05) is 13.0 Å². The summed E-state index contributed by atoms with van der Waals surface area (Å²) in [4.78, 5) is 0. The van der Waals surface area contributed by atoms with Crippen LogP contribution in [0.2, 0.25) is 0 Å². The standard InChI is InChI=1S/C11H17NO4S3/c1-2-6-12(10-5-8-18(13,14)9-10)19(15,16)11-4-3-7-17-11/h3-4,7,10H,2,5-6,8-9H2,1H3. The number of sulfonamides is 1. The second-order valence-corrected chi connectivity index (χ2v) is 9.90. The topological polar surface area (TPSA) is 71.5 Å². The molecule has 19 heavy (non-hydrogen) atoms. The summed E-state index contributed by atoms with van der Waals surface area (Å²) in [7, 11) is -6.66. The first-order chi connectivity index (χ1) is 8.87. The largest absolute Gasteiger partial charge is 0.252 e. The monoisotopic (exact) mass is 323 g/mol. The molecule has 0 amide bonds. The lowest BCUT2D eigenvalue weighted by atomic mass is 10.2. The lowest BCUT2D eigenvalue weighted by Crippen LogP contribution is -2.41. The van der Waals surface area contributed by atoms with Gasteiger partial charge in [-0.15, -0.1) is 11.3 Å². The van der Waals surface area contributed by atoms with Gasteiger partial charge in [0, 0.05) is 12.6 Å². The van der Waals surface area contributed by atoms with Crippen LogP contribution in [-0.4, -0.2) is 45.2 Å². The SMILES string of the molecule is CCCN(C1CCS(=O)(=O)C1)S(=O)(=O)c1cccs1. The van der Waals surface area contributed by atoms with Gasteiger partial charge in [-0.05, 0) is 24.3 Å². The van der Waals surface area contributed by atoms with E-state index in [1.807, 2.05) is 6.92 Å². The first kappa shape index (κ1) is 15.0. The minimum Gasteiger partial charge on any atom is -0.229 e. The zero-order chi connectivity index (χ0) is 14.1. The summed E-state index contributed by atoms with van der Waals surface area (Å²) in [6.45, 7) is 2.25. The first-order valence-electron chi connectivity index (χ1n) is 6.12. The second-order valence-electron chi connectivity index (χ2n) is 4.60. The minimum absolute atomic E-state index is 0.0579. The number of sulfone groups is 1. The Bertz CT molecular complexity index is 619. The molecule has 1 unspecified atom stereocenters. The molecular weight excluding hydrogens is 306 g/mol. The van der Waals surface area contributed by atoms with Gasteiger partial charge in [-0.3, -0.25) is 0 Å². The van der Waals surface area contributed by atoms with Crippen molar-refractivity contribution in [3.8, 4) is 0 Å². The third-order valence-electron chi connectivity index (χ3n) is 3.12. The van der Waals surface area contributed by atoms with Crippen molar-refractivity contribution >= 4 is 31.2 Å². The molecule has 0 aromatic carbocycles. The van der Waals surface area contributed by atoms with Gasteiger partial charge in [0.05, 0.1) is 11.5 Å². The predicted molar refractivity (Wildman–Crippen MR) is 75.6 cm³/mol. The number of rotatable bonds is 5. The molecule has 1 aromatic rings. The van der Waals surface area contributed by atoms with Gasteiger partial charge in [0.15, 0.2) is 9.84 Å². The maximum Gasteiger partial charge on any atom is 0.252 e. The van der Waals surface area contributed by atoms with E-state index in [-0.39, 0.29) is 15.7 Å². The van der Waals surface area contributed by atoms with Gasteiger partial charge in [0.1, 0.15) is 4.21 Å². The molecule has 0 spiro atoms. The Morgan fingerprint density at radius 1 is 1.47 bits per heavy atom. The zero-order valence-electron chi connectivity index (χ0n) is 10.6. The van der Waals surface area contributed by atoms with Crippen molar-refractivity contribution < 1.29 is 16.8 Å². The van der Waals surface area contributed by atoms with Gasteiger partial charge in [0.2, 0.25) is 0 Å². The van der Waals surface area contributed by atoms with Gasteiger partial charge in [0.25, 0.3) is 10.0 Å². The molecule has 0 radical (unpaired) electrons. The molecule has 0 bridgehead atoms. The van der Waals surface area contributed by atoms with Crippen LogP contribution >= 0.6 is 11.3 Å². The van der Waals surface area contributed by atoms with E-state index < -0.39 is 25.9 Å². The minimum atomic E-state index is -3.57. The highest BCUT2D eigenvalue weighted by atomic mass is 32.2. The molecule has 0 saturated carbocycles. The van der Waals surface area contributed by atoms with E-state index >= 15 is 0 Å². The maximum atomic E-state index is 12.5. The van der Waals surface area contributed by atoms with Crippen molar-refractivity contribution in [2.75, 3.05) is 18.1 Å². The van der Waals surface area contributed by atoms with Crippen molar-refractivity contribution in [1.29, 1.82) is 0 Å². The molecule has 5 nitrogen and oxygen atoms in total. The highest BCUT2D eigenvalue weighted by Gasteiger charge is 2.38. The van der Waals surface area contributed by atoms with Crippen molar-refractivity contribution in [2.24, 2.45) is 0 Å². The summed E-state index contributed by atoms with van der Waals surface area (Å²) in [5.41, 5.74) is 0. The summed E-state index contributed by atoms with van der Waals surface area (Å²) in [6, 6.07) is 2.83. The van der Waals surface area contributed by atoms with Crippen LogP contribution < -0.4 is 0 Å². The summed E-state index contributed by atoms with van der Waals surface area (Å²) >= 11 is 1.16. The van der Waals surface area contributed by atoms with Gasteiger partial charge < -0.3 is 0 Å². The average Bonchev–Trinajstić information content (AvgIpc) is 2.95. The molecule has 1 aromatic heterocycles. The van der Waals surface area contributed by atoms with Crippen LogP contribution in [0.1, 0.15) is 19.8 Å². The van der Waals surface area contributed by atoms with Crippen LogP contribution in [-0.2, 0) is 19.9 Å². The quantitative estimate of drug-likeness (QED) is 0.820. The fourth-order valence-electron chi connectivity index (χ4n) is 2.25. The molecular formula is C11H17NO4S3. The van der Waals surface area contributed by atoms with Crippen LogP contribution in [0.3, 0.4) is 0 Å². The summed E-state index contributed by atoms with van der Waals surface area (Å²) in [6.07, 6.45) is 1.06. The Kier molecular flexibility index (Phi) is 4.34. The van der Waals surface area contributed by atoms with E-state index in [1.54, 1.807) is 17.5 Å². The van der Waals surface area contributed by atoms with Crippen molar-refractivity contribution in [3.05, 3.63) is 17.5 Å². The molecule has 1 saturated heterocycles. The van der Waals surface area contributed by atoms with Gasteiger partial charge in [-0.25, -0.2) is 16.8 Å². The van der Waals surface area contributed by atoms with Crippen molar-refractivity contribution in [2.45, 2.75) is 30.0 Å². The molecule has 8 heteroatoms. The Balaban J connectivity index is 2.31. The smallest absolute Gasteiger partial charge is 0.229 e. The number of hydrogen-bond acceptors (Lipinski definition) is 5. The van der Waals surface area contributed by atoms with Crippen LogP contribution in [0.15, 0.2) is 21.7 Å². The molecule has 0 aliphatic carbocycles. The molecule has 2 rings (SSSR count). The van der Waals surface area contributed by atoms with Crippen LogP contribution in [0, 0.1) is 0 Å². The van der Waals surface area contributed by atoms with E-state index in [2.05, 4.69) is 0 Å². The van der Waals surface area contributed by atoms with E-state index in [4.69, 9.17) is 0 Å². The summed E-state index contributed by atoms with van der Waals surface area (Å²) in [5, 5.41) is 1.71. The fraction of sp³-hybridized carbons (Fsp3) is 0.636. The van der Waals surface area contributed by atoms with Crippen LogP contribution in [0.4, 0.5) is 0 Å². The normalized spacial score (nSPS) is 22.9. The predicted octanol–water partition coefficient (Wildman–Crippen LogP) is 1.34. The molecule has 0 N–H and O–H groups in total. The highest BCUT2D eigenvalue weighted by molar-refractivity contribution is 7.92. The Morgan fingerprint density at radius 3 is 2.68 bits per heavy atom. The second kappa shape index (κ2) is 5.51. The Labute approximate surface area is 118 Å². The lowest BCUT2D eigenvalue weighted by molar-refractivity contribution is 0.341. The van der Waals surface area contributed by atoms with Gasteiger partial charge in [-0.2, -0.15) is 4.31 Å². The van der Waals surface area contributed by atoms with Crippen LogP contribution in [0.5, 0.6) is 0 Å². The Morgan fingerprint density at radius 2 is 2.21 bits per heavy atom. The van der Waals surface area contributed by atoms with E-state index in [1.165, 1.54) is 4.31 Å². The lowest BCUT2D eigenvalue weighted by Gasteiger charge is -2.26. The van der Waals surface area contributed by atoms with E-state index in [0.717, 1.165) is 11.3 Å². The van der Waals surface area contributed by atoms with E-state index in [0.29, 0.717) is 19.4 Å². The molecule has 1 atom stereocenters. The average molecular weight is 323 g/mol. The molecule has 108 valence electrons. The summed E-state index contributed by atoms with van der Waals surface area (Å²) < 4.78 is 49.8. The molecule has 1 aliphatic rings. The molecule has 2 heterocycles. The molecule has 1 fully saturated rings. The third kappa shape index (κ3) is 3.18. The van der Waals surface area contributed by atoms with Crippen molar-refractivity contribution in [3.63, 3.8) is 0 Å². The van der Waals surface area contributed by atoms with Gasteiger partial charge >= 0.3 is 0 Å². The zero-order valence-corrected chi connectivity index (χ0v) is 13.1.